The van der Waals surface area contributed by atoms with E-state index in [2.05, 4.69) is 4.72 Å². The second-order valence-electron chi connectivity index (χ2n) is 4.22. The Morgan fingerprint density at radius 3 is 2.48 bits per heavy atom. The number of amides is 1. The maximum atomic E-state index is 12.0. The second-order valence-corrected chi connectivity index (χ2v) is 5.98. The number of hydrogen-bond donors (Lipinski definition) is 3. The van der Waals surface area contributed by atoms with Crippen molar-refractivity contribution in [2.45, 2.75) is 11.8 Å². The number of carboxylic acids is 1. The topological polar surface area (TPSA) is 124 Å². The molecule has 0 heterocycles. The molecule has 116 valence electrons. The first-order valence-corrected chi connectivity index (χ1v) is 7.47. The Morgan fingerprint density at radius 2 is 1.95 bits per heavy atom. The maximum Gasteiger partial charge on any atom is 0.339 e. The van der Waals surface area contributed by atoms with Crippen molar-refractivity contribution in [2.24, 2.45) is 0 Å². The zero-order valence-corrected chi connectivity index (χ0v) is 12.3. The molecule has 1 rings (SSSR count). The number of nitrogens with one attached hydrogen (secondary N) is 1. The van der Waals surface area contributed by atoms with Gasteiger partial charge in [-0.2, -0.15) is 0 Å². The van der Waals surface area contributed by atoms with Crippen LogP contribution in [0.2, 0.25) is 0 Å². The summed E-state index contributed by atoms with van der Waals surface area (Å²) < 4.78 is 26.0. The van der Waals surface area contributed by atoms with Crippen LogP contribution in [0.25, 0.3) is 0 Å². The molecule has 3 N–H and O–H groups in total. The quantitative estimate of drug-likeness (QED) is 0.670. The van der Waals surface area contributed by atoms with Gasteiger partial charge in [0.25, 0.3) is 0 Å². The van der Waals surface area contributed by atoms with Gasteiger partial charge >= 0.3 is 5.97 Å². The smallest absolute Gasteiger partial charge is 0.339 e. The number of likely N-dealkylation sites (N-methyl/N-ethyl adjacent to an activating group) is 1. The van der Waals surface area contributed by atoms with E-state index in [1.54, 1.807) is 6.92 Å². The molecule has 1 aromatic rings. The van der Waals surface area contributed by atoms with Crippen molar-refractivity contribution in [3.05, 3.63) is 23.8 Å². The Hall–Kier alpha value is -2.13. The zero-order chi connectivity index (χ0) is 16.2. The van der Waals surface area contributed by atoms with Gasteiger partial charge in [0.1, 0.15) is 11.3 Å². The number of sulfonamides is 1. The minimum Gasteiger partial charge on any atom is -0.507 e. The molecule has 8 nitrogen and oxygen atoms in total. The van der Waals surface area contributed by atoms with Gasteiger partial charge in [-0.05, 0) is 25.1 Å². The fourth-order valence-corrected chi connectivity index (χ4v) is 2.41. The third kappa shape index (κ3) is 4.17. The summed E-state index contributed by atoms with van der Waals surface area (Å²) >= 11 is 0. The van der Waals surface area contributed by atoms with Gasteiger partial charge in [-0.1, -0.05) is 0 Å². The number of aromatic carboxylic acids is 1. The molecule has 0 fully saturated rings. The second kappa shape index (κ2) is 6.55. The van der Waals surface area contributed by atoms with Crippen LogP contribution in [0.4, 0.5) is 0 Å². The summed E-state index contributed by atoms with van der Waals surface area (Å²) in [6, 6.07) is 2.85. The van der Waals surface area contributed by atoms with Gasteiger partial charge in [-0.15, -0.1) is 0 Å². The van der Waals surface area contributed by atoms with Gasteiger partial charge in [0.05, 0.1) is 11.4 Å². The minimum atomic E-state index is -4.04. The summed E-state index contributed by atoms with van der Waals surface area (Å²) in [5.74, 6) is -2.41. The average molecular weight is 316 g/mol. The Balaban J connectivity index is 2.96. The predicted molar refractivity (Wildman–Crippen MR) is 73.6 cm³/mol. The summed E-state index contributed by atoms with van der Waals surface area (Å²) in [5.41, 5.74) is -0.533. The molecule has 0 radical (unpaired) electrons. The fraction of sp³-hybridized carbons (Fsp3) is 0.333. The molecule has 0 saturated carbocycles. The van der Waals surface area contributed by atoms with Crippen molar-refractivity contribution >= 4 is 21.9 Å². The number of phenols is 1. The van der Waals surface area contributed by atoms with Gasteiger partial charge in [0.15, 0.2) is 0 Å². The Kier molecular flexibility index (Phi) is 5.28. The van der Waals surface area contributed by atoms with Crippen LogP contribution in [-0.2, 0) is 14.8 Å². The Bertz CT molecular complexity index is 656. The van der Waals surface area contributed by atoms with E-state index >= 15 is 0 Å². The average Bonchev–Trinajstić information content (AvgIpc) is 2.43. The van der Waals surface area contributed by atoms with Crippen LogP contribution in [-0.4, -0.2) is 55.5 Å². The van der Waals surface area contributed by atoms with E-state index in [1.807, 2.05) is 0 Å². The van der Waals surface area contributed by atoms with E-state index in [-0.39, 0.29) is 4.90 Å². The lowest BCUT2D eigenvalue weighted by atomic mass is 10.2. The summed E-state index contributed by atoms with van der Waals surface area (Å²) in [7, 11) is -2.51. The normalized spacial score (nSPS) is 11.1. The first-order chi connectivity index (χ1) is 9.69. The summed E-state index contributed by atoms with van der Waals surface area (Å²) in [5, 5.41) is 18.2. The number of carbonyl (C=O) groups excluding carboxylic acids is 1. The number of benzene rings is 1. The lowest BCUT2D eigenvalue weighted by molar-refractivity contribution is -0.128. The molecule has 1 amide bonds. The molecule has 0 aliphatic rings. The van der Waals surface area contributed by atoms with Crippen molar-refractivity contribution in [1.29, 1.82) is 0 Å². The first kappa shape index (κ1) is 16.9. The van der Waals surface area contributed by atoms with Crippen LogP contribution in [0, 0.1) is 0 Å². The van der Waals surface area contributed by atoms with Crippen LogP contribution in [0.3, 0.4) is 0 Å². The van der Waals surface area contributed by atoms with E-state index in [1.165, 1.54) is 11.9 Å². The molecule has 0 bridgehead atoms. The van der Waals surface area contributed by atoms with Crippen LogP contribution >= 0.6 is 0 Å². The van der Waals surface area contributed by atoms with Crippen molar-refractivity contribution in [1.82, 2.24) is 9.62 Å². The van der Waals surface area contributed by atoms with Crippen LogP contribution in [0.15, 0.2) is 23.1 Å². The highest BCUT2D eigenvalue weighted by Crippen LogP contribution is 2.21. The van der Waals surface area contributed by atoms with E-state index in [0.717, 1.165) is 18.2 Å². The standard InChI is InChI=1S/C12H16N2O6S/c1-3-14(2)11(16)7-13-21(19,20)8-4-5-10(15)9(6-8)12(17)18/h4-6,13,15H,3,7H2,1-2H3,(H,17,18). The molecule has 0 aromatic heterocycles. The molecule has 0 atom stereocenters. The van der Waals surface area contributed by atoms with Gasteiger partial charge in [-0.3, -0.25) is 4.79 Å². The summed E-state index contributed by atoms with van der Waals surface area (Å²) in [4.78, 5) is 23.4. The van der Waals surface area contributed by atoms with Gasteiger partial charge in [-0.25, -0.2) is 17.9 Å². The maximum absolute atomic E-state index is 12.0. The molecule has 0 saturated heterocycles. The molecule has 21 heavy (non-hydrogen) atoms. The highest BCUT2D eigenvalue weighted by atomic mass is 32.2. The molecule has 9 heteroatoms. The van der Waals surface area contributed by atoms with Crippen LogP contribution < -0.4 is 4.72 Å². The third-order valence-electron chi connectivity index (χ3n) is 2.82. The fourth-order valence-electron chi connectivity index (χ4n) is 1.41. The third-order valence-corrected chi connectivity index (χ3v) is 4.22. The van der Waals surface area contributed by atoms with E-state index < -0.39 is 39.8 Å². The number of carboxylic acid groups (broad SMARTS) is 1. The van der Waals surface area contributed by atoms with E-state index in [0.29, 0.717) is 6.54 Å². The molecule has 0 unspecified atom stereocenters. The molecular formula is C12H16N2O6S. The number of carbonyl (C=O) groups is 2. The zero-order valence-electron chi connectivity index (χ0n) is 11.5. The van der Waals surface area contributed by atoms with Crippen molar-refractivity contribution in [3.8, 4) is 5.75 Å². The summed E-state index contributed by atoms with van der Waals surface area (Å²) in [6.45, 7) is 1.74. The van der Waals surface area contributed by atoms with Gasteiger partial charge in [0, 0.05) is 13.6 Å². The monoisotopic (exact) mass is 316 g/mol. The van der Waals surface area contributed by atoms with Crippen molar-refractivity contribution in [3.63, 3.8) is 0 Å². The number of rotatable bonds is 6. The lowest BCUT2D eigenvalue weighted by Gasteiger charge is -2.15. The Morgan fingerprint density at radius 1 is 1.33 bits per heavy atom. The lowest BCUT2D eigenvalue weighted by Crippen LogP contribution is -2.38. The molecule has 0 aliphatic carbocycles. The predicted octanol–water partition coefficient (Wildman–Crippen LogP) is -0.153. The van der Waals surface area contributed by atoms with Crippen LogP contribution in [0.5, 0.6) is 5.75 Å². The molecule has 1 aromatic carbocycles. The van der Waals surface area contributed by atoms with Crippen molar-refractivity contribution in [2.75, 3.05) is 20.1 Å². The number of hydrogen-bond acceptors (Lipinski definition) is 5. The van der Waals surface area contributed by atoms with Gasteiger partial charge < -0.3 is 15.1 Å². The molecule has 0 spiro atoms. The SMILES string of the molecule is CCN(C)C(=O)CNS(=O)(=O)c1ccc(O)c(C(=O)O)c1. The number of aromatic hydroxyl groups is 1. The van der Waals surface area contributed by atoms with E-state index in [4.69, 9.17) is 5.11 Å². The van der Waals surface area contributed by atoms with Crippen LogP contribution in [0.1, 0.15) is 17.3 Å². The van der Waals surface area contributed by atoms with Gasteiger partial charge in [0.2, 0.25) is 15.9 Å². The first-order valence-electron chi connectivity index (χ1n) is 5.99. The summed E-state index contributed by atoms with van der Waals surface area (Å²) in [6.07, 6.45) is 0. The minimum absolute atomic E-state index is 0.343. The largest absolute Gasteiger partial charge is 0.507 e. The Labute approximate surface area is 122 Å². The number of nitrogens with zero attached hydrogens (tertiary/aromatic N) is 1. The highest BCUT2D eigenvalue weighted by molar-refractivity contribution is 7.89. The molecular weight excluding hydrogens is 300 g/mol. The van der Waals surface area contributed by atoms with Crippen molar-refractivity contribution < 1.29 is 28.2 Å². The highest BCUT2D eigenvalue weighted by Gasteiger charge is 2.20. The van der Waals surface area contributed by atoms with E-state index in [9.17, 15) is 23.1 Å². The molecule has 0 aliphatic heterocycles.